The molecule has 1 aromatic heterocycles. The number of esters is 2. The molecule has 0 saturated heterocycles. The zero-order valence-corrected chi connectivity index (χ0v) is 21.7. The van der Waals surface area contributed by atoms with Crippen LogP contribution in [0.2, 0.25) is 0 Å². The molecule has 3 amide bonds. The summed E-state index contributed by atoms with van der Waals surface area (Å²) in [4.78, 5) is 67.0. The Bertz CT molecular complexity index is 1500. The van der Waals surface area contributed by atoms with Crippen LogP contribution in [0, 0.1) is 6.92 Å². The van der Waals surface area contributed by atoms with Gasteiger partial charge in [-0.1, -0.05) is 22.9 Å². The number of nitrogens with zero attached hydrogens (tertiary/aromatic N) is 2. The zero-order valence-electron chi connectivity index (χ0n) is 20.2. The number of hydrogen-bond donors (Lipinski definition) is 2. The lowest BCUT2D eigenvalue weighted by atomic mass is 10.2. The quantitative estimate of drug-likeness (QED) is 0.330. The molecule has 1 aliphatic rings. The summed E-state index contributed by atoms with van der Waals surface area (Å²) in [6.07, 6.45) is 0. The molecule has 0 bridgehead atoms. The lowest BCUT2D eigenvalue weighted by Gasteiger charge is -2.15. The number of halogens is 1. The molecule has 0 unspecified atom stereocenters. The Hall–Kier alpha value is -4.55. The Morgan fingerprint density at radius 2 is 1.50 bits per heavy atom. The number of hydrogen-bond acceptors (Lipinski definition) is 10. The van der Waals surface area contributed by atoms with Gasteiger partial charge in [-0.3, -0.25) is 19.7 Å². The van der Waals surface area contributed by atoms with E-state index >= 15 is 0 Å². The van der Waals surface area contributed by atoms with Gasteiger partial charge in [-0.25, -0.2) is 19.5 Å². The highest BCUT2D eigenvalue weighted by Gasteiger charge is 2.39. The SMILES string of the molecule is COC(=O)c1ccc(N2C(=O)C(Cl)=C(Nc3ccc(C(=O)Nc4nc(C)c(C(=O)OC)s4)cc3)C2=O)cc1. The Morgan fingerprint density at radius 1 is 0.895 bits per heavy atom. The number of aryl methyl sites for hydroxylation is 1. The van der Waals surface area contributed by atoms with Gasteiger partial charge in [0.2, 0.25) is 0 Å². The third-order valence-corrected chi connectivity index (χ3v) is 6.78. The van der Waals surface area contributed by atoms with Gasteiger partial charge >= 0.3 is 11.9 Å². The van der Waals surface area contributed by atoms with Crippen molar-refractivity contribution in [2.24, 2.45) is 0 Å². The van der Waals surface area contributed by atoms with Crippen LogP contribution in [0.5, 0.6) is 0 Å². The Kier molecular flexibility index (Phi) is 7.55. The fourth-order valence-corrected chi connectivity index (χ4v) is 4.55. The number of aromatic nitrogens is 1. The smallest absolute Gasteiger partial charge is 0.350 e. The number of carbonyl (C=O) groups is 5. The van der Waals surface area contributed by atoms with Gasteiger partial charge in [0.1, 0.15) is 15.6 Å². The molecule has 1 aliphatic heterocycles. The van der Waals surface area contributed by atoms with Gasteiger partial charge in [0, 0.05) is 11.3 Å². The maximum Gasteiger partial charge on any atom is 0.350 e. The Balaban J connectivity index is 1.45. The first-order chi connectivity index (χ1) is 18.1. The number of imide groups is 1. The molecule has 2 heterocycles. The van der Waals surface area contributed by atoms with Crippen molar-refractivity contribution in [3.8, 4) is 0 Å². The number of ether oxygens (including phenoxy) is 2. The summed E-state index contributed by atoms with van der Waals surface area (Å²) in [7, 11) is 2.50. The van der Waals surface area contributed by atoms with Gasteiger partial charge in [-0.2, -0.15) is 0 Å². The minimum Gasteiger partial charge on any atom is -0.465 e. The normalized spacial score (nSPS) is 13.0. The summed E-state index contributed by atoms with van der Waals surface area (Å²) in [6, 6.07) is 11.8. The van der Waals surface area contributed by atoms with E-state index in [2.05, 4.69) is 20.4 Å². The summed E-state index contributed by atoms with van der Waals surface area (Å²) in [5.41, 5.74) is 1.46. The fraction of sp³-hybridized carbons (Fsp3) is 0.120. The molecule has 0 fully saturated rings. The first-order valence-electron chi connectivity index (χ1n) is 10.9. The van der Waals surface area contributed by atoms with Crippen LogP contribution in [0.4, 0.5) is 16.5 Å². The van der Waals surface area contributed by atoms with Crippen molar-refractivity contribution in [1.82, 2.24) is 4.98 Å². The third kappa shape index (κ3) is 5.12. The largest absolute Gasteiger partial charge is 0.465 e. The average molecular weight is 555 g/mol. The number of rotatable bonds is 7. The molecule has 3 aromatic rings. The molecule has 11 nitrogen and oxygen atoms in total. The van der Waals surface area contributed by atoms with Gasteiger partial charge in [0.25, 0.3) is 17.7 Å². The van der Waals surface area contributed by atoms with Crippen molar-refractivity contribution in [3.05, 3.63) is 81.0 Å². The number of anilines is 3. The average Bonchev–Trinajstić information content (AvgIpc) is 3.39. The van der Waals surface area contributed by atoms with E-state index in [1.165, 1.54) is 62.8 Å². The summed E-state index contributed by atoms with van der Waals surface area (Å²) in [6.45, 7) is 1.63. The maximum absolute atomic E-state index is 13.0. The number of thiazole rings is 1. The van der Waals surface area contributed by atoms with E-state index in [0.717, 1.165) is 16.2 Å². The topological polar surface area (TPSA) is 144 Å². The molecular weight excluding hydrogens is 536 g/mol. The van der Waals surface area contributed by atoms with Crippen LogP contribution in [-0.4, -0.2) is 48.9 Å². The maximum atomic E-state index is 13.0. The number of methoxy groups -OCH3 is 2. The first-order valence-corrected chi connectivity index (χ1v) is 12.0. The van der Waals surface area contributed by atoms with E-state index in [9.17, 15) is 24.0 Å². The van der Waals surface area contributed by atoms with Crippen LogP contribution >= 0.6 is 22.9 Å². The van der Waals surface area contributed by atoms with Crippen molar-refractivity contribution in [3.63, 3.8) is 0 Å². The van der Waals surface area contributed by atoms with E-state index < -0.39 is 29.7 Å². The highest BCUT2D eigenvalue weighted by Crippen LogP contribution is 2.30. The lowest BCUT2D eigenvalue weighted by molar-refractivity contribution is -0.120. The second-order valence-electron chi connectivity index (χ2n) is 7.75. The molecule has 0 atom stereocenters. The summed E-state index contributed by atoms with van der Waals surface area (Å²) < 4.78 is 9.34. The van der Waals surface area contributed by atoms with E-state index in [-0.39, 0.29) is 37.6 Å². The predicted molar refractivity (Wildman–Crippen MR) is 139 cm³/mol. The van der Waals surface area contributed by atoms with E-state index in [0.29, 0.717) is 11.4 Å². The van der Waals surface area contributed by atoms with Crippen molar-refractivity contribution in [1.29, 1.82) is 0 Å². The molecule has 2 aromatic carbocycles. The molecule has 13 heteroatoms. The second-order valence-corrected chi connectivity index (χ2v) is 9.13. The van der Waals surface area contributed by atoms with E-state index in [1.54, 1.807) is 6.92 Å². The highest BCUT2D eigenvalue weighted by atomic mass is 35.5. The summed E-state index contributed by atoms with van der Waals surface area (Å²) in [5.74, 6) is -2.98. The molecule has 0 aliphatic carbocycles. The molecule has 2 N–H and O–H groups in total. The van der Waals surface area contributed by atoms with Crippen molar-refractivity contribution in [2.75, 3.05) is 29.8 Å². The number of benzene rings is 2. The van der Waals surface area contributed by atoms with E-state index in [4.69, 9.17) is 16.3 Å². The van der Waals surface area contributed by atoms with Crippen LogP contribution in [0.25, 0.3) is 0 Å². The van der Waals surface area contributed by atoms with Gasteiger partial charge in [-0.05, 0) is 55.5 Å². The van der Waals surface area contributed by atoms with Gasteiger partial charge in [-0.15, -0.1) is 0 Å². The number of nitrogens with one attached hydrogen (secondary N) is 2. The van der Waals surface area contributed by atoms with Gasteiger partial charge < -0.3 is 14.8 Å². The minimum absolute atomic E-state index is 0.139. The third-order valence-electron chi connectivity index (χ3n) is 5.38. The van der Waals surface area contributed by atoms with Crippen LogP contribution in [0.3, 0.4) is 0 Å². The number of carbonyl (C=O) groups excluding carboxylic acids is 5. The van der Waals surface area contributed by atoms with Crippen LogP contribution in [0.15, 0.2) is 59.3 Å². The van der Waals surface area contributed by atoms with Crippen molar-refractivity contribution < 1.29 is 33.4 Å². The molecule has 0 saturated carbocycles. The standard InChI is InChI=1S/C25H19ClN4O7S/c1-12-19(24(35)37-3)38-25(27-12)29-20(31)13-4-8-15(9-5-13)28-18-17(26)21(32)30(22(18)33)16-10-6-14(7-11-16)23(34)36-2/h4-11,28H,1-3H3,(H,27,29,31). The van der Waals surface area contributed by atoms with Gasteiger partial charge in [0.15, 0.2) is 5.13 Å². The van der Waals surface area contributed by atoms with Crippen molar-refractivity contribution in [2.45, 2.75) is 6.92 Å². The lowest BCUT2D eigenvalue weighted by Crippen LogP contribution is -2.32. The fourth-order valence-electron chi connectivity index (χ4n) is 3.46. The van der Waals surface area contributed by atoms with Crippen molar-refractivity contribution >= 4 is 69.1 Å². The van der Waals surface area contributed by atoms with Crippen LogP contribution in [-0.2, 0) is 19.1 Å². The Morgan fingerprint density at radius 3 is 2.11 bits per heavy atom. The molecular formula is C25H19ClN4O7S. The zero-order chi connectivity index (χ0) is 27.6. The molecule has 0 spiro atoms. The van der Waals surface area contributed by atoms with E-state index in [1.807, 2.05) is 0 Å². The summed E-state index contributed by atoms with van der Waals surface area (Å²) >= 11 is 7.16. The molecule has 4 rings (SSSR count). The highest BCUT2D eigenvalue weighted by molar-refractivity contribution is 7.17. The Labute approximate surface area is 225 Å². The number of amides is 3. The van der Waals surface area contributed by atoms with Gasteiger partial charge in [0.05, 0.1) is 31.2 Å². The predicted octanol–water partition coefficient (Wildman–Crippen LogP) is 3.71. The molecule has 194 valence electrons. The van der Waals surface area contributed by atoms with Crippen LogP contribution in [0.1, 0.15) is 36.1 Å². The first kappa shape index (κ1) is 26.5. The van der Waals surface area contributed by atoms with Crippen LogP contribution < -0.4 is 15.5 Å². The summed E-state index contributed by atoms with van der Waals surface area (Å²) in [5, 5.41) is 5.37. The second kappa shape index (κ2) is 10.8. The molecule has 38 heavy (non-hydrogen) atoms. The molecule has 0 radical (unpaired) electrons. The minimum atomic E-state index is -0.731. The monoisotopic (exact) mass is 554 g/mol.